The smallest absolute Gasteiger partial charge is 0.277 e. The fraction of sp³-hybridized carbons (Fsp3) is 0.364. The summed E-state index contributed by atoms with van der Waals surface area (Å²) >= 11 is 5.82. The predicted molar refractivity (Wildman–Crippen MR) is 121 cm³/mol. The predicted octanol–water partition coefficient (Wildman–Crippen LogP) is 4.55. The summed E-state index contributed by atoms with van der Waals surface area (Å²) in [6.45, 7) is -0.220. The molecule has 1 aliphatic rings. The molecule has 1 amide bonds. The van der Waals surface area contributed by atoms with Gasteiger partial charge in [0, 0.05) is 41.5 Å². The fourth-order valence-electron chi connectivity index (χ4n) is 3.63. The summed E-state index contributed by atoms with van der Waals surface area (Å²) in [7, 11) is 1.99. The molecule has 9 heteroatoms. The van der Waals surface area contributed by atoms with Crippen LogP contribution in [0.3, 0.4) is 0 Å². The third-order valence-electron chi connectivity index (χ3n) is 5.30. The van der Waals surface area contributed by atoms with Gasteiger partial charge in [-0.1, -0.05) is 30.9 Å². The van der Waals surface area contributed by atoms with Crippen molar-refractivity contribution in [2.75, 3.05) is 18.6 Å². The zero-order valence-electron chi connectivity index (χ0n) is 17.3. The molecular weight excluding hydrogens is 420 g/mol. The van der Waals surface area contributed by atoms with Gasteiger partial charge in [0.1, 0.15) is 5.75 Å². The number of non-ortho nitro benzene ring substituents is 1. The molecule has 0 spiro atoms. The number of nitrogens with one attached hydrogen (secondary N) is 1. The summed E-state index contributed by atoms with van der Waals surface area (Å²) in [5, 5.41) is 15.8. The Hall–Kier alpha value is -3.13. The Labute approximate surface area is 186 Å². The van der Waals surface area contributed by atoms with E-state index < -0.39 is 10.8 Å². The Kier molecular flexibility index (Phi) is 7.83. The molecule has 0 unspecified atom stereocenters. The van der Waals surface area contributed by atoms with Crippen molar-refractivity contribution >= 4 is 35.1 Å². The van der Waals surface area contributed by atoms with Crippen LogP contribution in [0.5, 0.6) is 5.75 Å². The fourth-order valence-corrected chi connectivity index (χ4v) is 3.76. The zero-order valence-corrected chi connectivity index (χ0v) is 18.0. The van der Waals surface area contributed by atoms with Crippen LogP contribution in [-0.2, 0) is 4.79 Å². The maximum Gasteiger partial charge on any atom is 0.277 e. The van der Waals surface area contributed by atoms with Gasteiger partial charge < -0.3 is 9.64 Å². The Balaban J connectivity index is 1.66. The van der Waals surface area contributed by atoms with Crippen LogP contribution < -0.4 is 15.1 Å². The second-order valence-corrected chi connectivity index (χ2v) is 7.88. The summed E-state index contributed by atoms with van der Waals surface area (Å²) in [4.78, 5) is 24.9. The normalized spacial score (nSPS) is 14.4. The van der Waals surface area contributed by atoms with Crippen LogP contribution in [0, 0.1) is 10.1 Å². The van der Waals surface area contributed by atoms with Crippen LogP contribution in [0.15, 0.2) is 47.6 Å². The van der Waals surface area contributed by atoms with Crippen LogP contribution in [0.2, 0.25) is 5.02 Å². The molecular formula is C22H25ClN4O4. The van der Waals surface area contributed by atoms with Gasteiger partial charge in [0.15, 0.2) is 6.61 Å². The summed E-state index contributed by atoms with van der Waals surface area (Å²) in [6, 6.07) is 11.7. The van der Waals surface area contributed by atoms with Gasteiger partial charge >= 0.3 is 0 Å². The molecule has 0 saturated heterocycles. The van der Waals surface area contributed by atoms with Crippen molar-refractivity contribution in [3.63, 3.8) is 0 Å². The molecule has 0 bridgehead atoms. The molecule has 0 radical (unpaired) electrons. The number of hydrogen-bond donors (Lipinski definition) is 1. The van der Waals surface area contributed by atoms with Gasteiger partial charge in [0.05, 0.1) is 11.1 Å². The van der Waals surface area contributed by atoms with Crippen LogP contribution >= 0.6 is 11.6 Å². The number of rotatable bonds is 8. The summed E-state index contributed by atoms with van der Waals surface area (Å²) < 4.78 is 5.38. The standard InChI is InChI=1S/C22H25ClN4O4/c1-26(18-5-3-2-4-6-18)21-12-9-19(27(29)30)13-16(21)14-24-25-22(28)15-31-20-10-7-17(23)8-11-20/h7-14,18H,2-6,15H2,1H3,(H,25,28). The molecule has 1 saturated carbocycles. The maximum absolute atomic E-state index is 12.0. The average molecular weight is 445 g/mol. The van der Waals surface area contributed by atoms with Gasteiger partial charge in [0.25, 0.3) is 11.6 Å². The number of benzene rings is 2. The minimum absolute atomic E-state index is 0.0281. The van der Waals surface area contributed by atoms with Gasteiger partial charge in [-0.2, -0.15) is 5.10 Å². The molecule has 2 aromatic rings. The van der Waals surface area contributed by atoms with Gasteiger partial charge in [0.2, 0.25) is 0 Å². The van der Waals surface area contributed by atoms with E-state index in [1.54, 1.807) is 30.3 Å². The summed E-state index contributed by atoms with van der Waals surface area (Å²) in [5.41, 5.74) is 3.78. The number of halogens is 1. The lowest BCUT2D eigenvalue weighted by molar-refractivity contribution is -0.384. The Morgan fingerprint density at radius 2 is 1.97 bits per heavy atom. The lowest BCUT2D eigenvalue weighted by atomic mass is 9.94. The second kappa shape index (κ2) is 10.8. The molecule has 0 heterocycles. The first-order chi connectivity index (χ1) is 14.9. The molecule has 0 aromatic heterocycles. The van der Waals surface area contributed by atoms with Crippen molar-refractivity contribution in [2.45, 2.75) is 38.1 Å². The number of amides is 1. The molecule has 31 heavy (non-hydrogen) atoms. The van der Waals surface area contributed by atoms with Crippen molar-refractivity contribution in [1.82, 2.24) is 5.43 Å². The van der Waals surface area contributed by atoms with E-state index in [0.29, 0.717) is 22.4 Å². The number of carbonyl (C=O) groups excluding carboxylic acids is 1. The van der Waals surface area contributed by atoms with Gasteiger partial charge in [-0.25, -0.2) is 5.43 Å². The molecule has 164 valence electrons. The number of hydrogen-bond acceptors (Lipinski definition) is 6. The van der Waals surface area contributed by atoms with Crippen molar-refractivity contribution in [3.05, 3.63) is 63.2 Å². The number of nitrogens with zero attached hydrogens (tertiary/aromatic N) is 3. The first-order valence-electron chi connectivity index (χ1n) is 10.2. The highest BCUT2D eigenvalue weighted by Crippen LogP contribution is 2.30. The third-order valence-corrected chi connectivity index (χ3v) is 5.55. The van der Waals surface area contributed by atoms with Gasteiger partial charge in [-0.3, -0.25) is 14.9 Å². The lowest BCUT2D eigenvalue weighted by Crippen LogP contribution is -2.34. The highest BCUT2D eigenvalue weighted by Gasteiger charge is 2.21. The first kappa shape index (κ1) is 22.6. The lowest BCUT2D eigenvalue weighted by Gasteiger charge is -2.33. The molecule has 1 N–H and O–H groups in total. The van der Waals surface area contributed by atoms with E-state index in [9.17, 15) is 14.9 Å². The minimum atomic E-state index is -0.446. The van der Waals surface area contributed by atoms with E-state index in [0.717, 1.165) is 18.5 Å². The van der Waals surface area contributed by atoms with Crippen LogP contribution in [-0.4, -0.2) is 36.7 Å². The number of hydrazone groups is 1. The molecule has 1 fully saturated rings. The van der Waals surface area contributed by atoms with E-state index in [1.807, 2.05) is 7.05 Å². The zero-order chi connectivity index (χ0) is 22.2. The Morgan fingerprint density at radius 1 is 1.26 bits per heavy atom. The number of anilines is 1. The van der Waals surface area contributed by atoms with Gasteiger partial charge in [-0.15, -0.1) is 0 Å². The quantitative estimate of drug-likeness (QED) is 0.366. The van der Waals surface area contributed by atoms with Crippen molar-refractivity contribution in [2.24, 2.45) is 5.10 Å². The molecule has 8 nitrogen and oxygen atoms in total. The monoisotopic (exact) mass is 444 g/mol. The molecule has 0 aliphatic heterocycles. The van der Waals surface area contributed by atoms with Crippen LogP contribution in [0.1, 0.15) is 37.7 Å². The van der Waals surface area contributed by atoms with Crippen LogP contribution in [0.25, 0.3) is 0 Å². The minimum Gasteiger partial charge on any atom is -0.484 e. The number of nitro benzene ring substituents is 1. The van der Waals surface area contributed by atoms with E-state index in [4.69, 9.17) is 16.3 Å². The molecule has 3 rings (SSSR count). The summed E-state index contributed by atoms with van der Waals surface area (Å²) in [6.07, 6.45) is 7.20. The Bertz CT molecular complexity index is 943. The largest absolute Gasteiger partial charge is 0.484 e. The van der Waals surface area contributed by atoms with E-state index in [-0.39, 0.29) is 12.3 Å². The third kappa shape index (κ3) is 6.42. The summed E-state index contributed by atoms with van der Waals surface area (Å²) in [5.74, 6) is 0.0671. The molecule has 0 atom stereocenters. The Morgan fingerprint density at radius 3 is 2.65 bits per heavy atom. The van der Waals surface area contributed by atoms with Gasteiger partial charge in [-0.05, 0) is 43.2 Å². The van der Waals surface area contributed by atoms with Crippen molar-refractivity contribution in [3.8, 4) is 5.75 Å². The molecule has 1 aliphatic carbocycles. The maximum atomic E-state index is 12.0. The first-order valence-corrected chi connectivity index (χ1v) is 10.5. The number of carbonyl (C=O) groups is 1. The second-order valence-electron chi connectivity index (χ2n) is 7.44. The topological polar surface area (TPSA) is 97.1 Å². The highest BCUT2D eigenvalue weighted by molar-refractivity contribution is 6.30. The van der Waals surface area contributed by atoms with Crippen LogP contribution in [0.4, 0.5) is 11.4 Å². The average Bonchev–Trinajstić information content (AvgIpc) is 2.78. The van der Waals surface area contributed by atoms with E-state index in [2.05, 4.69) is 15.4 Å². The van der Waals surface area contributed by atoms with E-state index >= 15 is 0 Å². The van der Waals surface area contributed by atoms with Crippen molar-refractivity contribution < 1.29 is 14.5 Å². The number of ether oxygens (including phenoxy) is 1. The highest BCUT2D eigenvalue weighted by atomic mass is 35.5. The van der Waals surface area contributed by atoms with Crippen molar-refractivity contribution in [1.29, 1.82) is 0 Å². The number of nitro groups is 1. The SMILES string of the molecule is CN(c1ccc([N+](=O)[O-])cc1C=NNC(=O)COc1ccc(Cl)cc1)C1CCCCC1. The van der Waals surface area contributed by atoms with E-state index in [1.165, 1.54) is 37.6 Å². The molecule has 2 aromatic carbocycles.